The van der Waals surface area contributed by atoms with Gasteiger partial charge in [-0.25, -0.2) is 8.42 Å². The second-order valence-electron chi connectivity index (χ2n) is 5.53. The van der Waals surface area contributed by atoms with Gasteiger partial charge >= 0.3 is 11.8 Å². The summed E-state index contributed by atoms with van der Waals surface area (Å²) in [5.41, 5.74) is 0.469. The smallest absolute Gasteiger partial charge is 0.316 e. The molecule has 2 rings (SSSR count). The van der Waals surface area contributed by atoms with E-state index in [0.717, 1.165) is 0 Å². The van der Waals surface area contributed by atoms with E-state index in [1.807, 2.05) is 0 Å². The molecule has 8 heteroatoms. The van der Waals surface area contributed by atoms with E-state index in [2.05, 4.69) is 0 Å². The molecule has 23 heavy (non-hydrogen) atoms. The van der Waals surface area contributed by atoms with Gasteiger partial charge in [0.05, 0.1) is 11.5 Å². The van der Waals surface area contributed by atoms with E-state index in [1.54, 1.807) is 6.92 Å². The maximum absolute atomic E-state index is 12.4. The molecule has 1 aromatic rings. The molecular weight excluding hydrogens is 320 g/mol. The van der Waals surface area contributed by atoms with E-state index in [0.29, 0.717) is 12.1 Å². The lowest BCUT2D eigenvalue weighted by atomic mass is 10.2. The first-order chi connectivity index (χ1) is 10.7. The topological polar surface area (TPSA) is 95.0 Å². The third-order valence-corrected chi connectivity index (χ3v) is 5.73. The number of hydrogen-bond donors (Lipinski definition) is 1. The predicted octanol–water partition coefficient (Wildman–Crippen LogP) is 0.391. The third kappa shape index (κ3) is 3.82. The molecule has 1 atom stereocenters. The summed E-state index contributed by atoms with van der Waals surface area (Å²) in [6.45, 7) is 1.99. The number of aromatic hydroxyl groups is 1. The molecule has 0 aliphatic carbocycles. The van der Waals surface area contributed by atoms with Crippen LogP contribution in [-0.2, 0) is 19.4 Å². The Morgan fingerprint density at radius 3 is 2.30 bits per heavy atom. The number of phenolic OH excluding ortho intramolecular Hbond substituents is 1. The van der Waals surface area contributed by atoms with Crippen LogP contribution in [0.4, 0.5) is 5.69 Å². The highest BCUT2D eigenvalue weighted by Crippen LogP contribution is 2.20. The lowest BCUT2D eigenvalue weighted by molar-refractivity contribution is -0.145. The number of carbonyl (C=O) groups excluding carboxylic acids is 2. The molecule has 1 fully saturated rings. The molecule has 0 bridgehead atoms. The van der Waals surface area contributed by atoms with Crippen LogP contribution in [0.25, 0.3) is 0 Å². The Morgan fingerprint density at radius 1 is 1.22 bits per heavy atom. The quantitative estimate of drug-likeness (QED) is 0.803. The van der Waals surface area contributed by atoms with Crippen molar-refractivity contribution in [3.8, 4) is 5.75 Å². The molecule has 126 valence electrons. The summed E-state index contributed by atoms with van der Waals surface area (Å²) in [6, 6.07) is 5.44. The lowest BCUT2D eigenvalue weighted by Gasteiger charge is -2.28. The molecule has 1 aliphatic rings. The average molecular weight is 340 g/mol. The van der Waals surface area contributed by atoms with Gasteiger partial charge in [-0.2, -0.15) is 0 Å². The number of amides is 2. The zero-order chi connectivity index (χ0) is 17.2. The van der Waals surface area contributed by atoms with E-state index in [4.69, 9.17) is 0 Å². The zero-order valence-electron chi connectivity index (χ0n) is 13.1. The van der Waals surface area contributed by atoms with Crippen LogP contribution >= 0.6 is 0 Å². The summed E-state index contributed by atoms with van der Waals surface area (Å²) >= 11 is 0. The van der Waals surface area contributed by atoms with Gasteiger partial charge in [-0.15, -0.1) is 0 Å². The number of carbonyl (C=O) groups is 2. The molecule has 1 unspecified atom stereocenters. The number of phenols is 1. The van der Waals surface area contributed by atoms with E-state index < -0.39 is 27.7 Å². The molecule has 0 radical (unpaired) electrons. The maximum Gasteiger partial charge on any atom is 0.316 e. The van der Waals surface area contributed by atoms with Crippen LogP contribution in [0.5, 0.6) is 5.75 Å². The van der Waals surface area contributed by atoms with Crippen LogP contribution in [-0.4, -0.2) is 61.4 Å². The van der Waals surface area contributed by atoms with Crippen molar-refractivity contribution in [3.63, 3.8) is 0 Å². The molecule has 7 nitrogen and oxygen atoms in total. The minimum Gasteiger partial charge on any atom is -0.508 e. The van der Waals surface area contributed by atoms with Crippen LogP contribution in [0.2, 0.25) is 0 Å². The molecule has 1 N–H and O–H groups in total. The third-order valence-electron chi connectivity index (χ3n) is 3.98. The Hall–Kier alpha value is -2.09. The number of rotatable bonds is 3. The molecule has 1 heterocycles. The van der Waals surface area contributed by atoms with E-state index in [1.165, 1.54) is 41.1 Å². The van der Waals surface area contributed by atoms with Gasteiger partial charge in [-0.05, 0) is 37.6 Å². The highest BCUT2D eigenvalue weighted by atomic mass is 32.2. The van der Waals surface area contributed by atoms with E-state index in [9.17, 15) is 23.1 Å². The Kier molecular flexibility index (Phi) is 4.93. The number of benzene rings is 1. The highest BCUT2D eigenvalue weighted by Gasteiger charge is 2.36. The fraction of sp³-hybridized carbons (Fsp3) is 0.467. The monoisotopic (exact) mass is 340 g/mol. The maximum atomic E-state index is 12.4. The largest absolute Gasteiger partial charge is 0.508 e. The average Bonchev–Trinajstić information content (AvgIpc) is 2.87. The van der Waals surface area contributed by atoms with Crippen LogP contribution in [0.15, 0.2) is 24.3 Å². The summed E-state index contributed by atoms with van der Waals surface area (Å²) in [4.78, 5) is 27.3. The summed E-state index contributed by atoms with van der Waals surface area (Å²) < 4.78 is 23.2. The van der Waals surface area contributed by atoms with Crippen molar-refractivity contribution in [2.24, 2.45) is 0 Å². The minimum absolute atomic E-state index is 0.0451. The van der Waals surface area contributed by atoms with Crippen molar-refractivity contribution in [2.45, 2.75) is 19.4 Å². The number of anilines is 1. The molecule has 0 aromatic heterocycles. The molecular formula is C15H20N2O5S. The van der Waals surface area contributed by atoms with Crippen LogP contribution in [0.3, 0.4) is 0 Å². The molecule has 1 saturated heterocycles. The van der Waals surface area contributed by atoms with Crippen LogP contribution in [0, 0.1) is 0 Å². The number of nitrogens with zero attached hydrogens (tertiary/aromatic N) is 2. The Balaban J connectivity index is 2.13. The van der Waals surface area contributed by atoms with Gasteiger partial charge < -0.3 is 14.9 Å². The van der Waals surface area contributed by atoms with E-state index in [-0.39, 0.29) is 23.8 Å². The SMILES string of the molecule is CCN(C(=O)C(=O)N(C)c1ccc(O)cc1)C1CCS(=O)(=O)C1. The summed E-state index contributed by atoms with van der Waals surface area (Å²) in [5, 5.41) is 9.27. The Bertz CT molecular complexity index is 699. The Labute approximate surface area is 135 Å². The number of sulfone groups is 1. The molecule has 0 saturated carbocycles. The van der Waals surface area contributed by atoms with Gasteiger partial charge in [0.2, 0.25) is 0 Å². The standard InChI is InChI=1S/C15H20N2O5S/c1-3-17(12-8-9-23(21,22)10-12)15(20)14(19)16(2)11-4-6-13(18)7-5-11/h4-7,12,18H,3,8-10H2,1-2H3. The predicted molar refractivity (Wildman–Crippen MR) is 86.0 cm³/mol. The van der Waals surface area contributed by atoms with Gasteiger partial charge in [0, 0.05) is 25.3 Å². The minimum atomic E-state index is -3.13. The summed E-state index contributed by atoms with van der Waals surface area (Å²) in [6.07, 6.45) is 0.359. The first-order valence-corrected chi connectivity index (χ1v) is 9.15. The second-order valence-corrected chi connectivity index (χ2v) is 7.76. The molecule has 1 aliphatic heterocycles. The fourth-order valence-electron chi connectivity index (χ4n) is 2.65. The molecule has 0 spiro atoms. The van der Waals surface area contributed by atoms with Crippen LogP contribution in [0.1, 0.15) is 13.3 Å². The fourth-order valence-corrected chi connectivity index (χ4v) is 4.38. The highest BCUT2D eigenvalue weighted by molar-refractivity contribution is 7.91. The lowest BCUT2D eigenvalue weighted by Crippen LogP contribution is -2.48. The van der Waals surface area contributed by atoms with Crippen LogP contribution < -0.4 is 4.90 Å². The molecule has 1 aromatic carbocycles. The summed E-state index contributed by atoms with van der Waals surface area (Å²) in [7, 11) is -1.67. The number of hydrogen-bond acceptors (Lipinski definition) is 5. The van der Waals surface area contributed by atoms with Gasteiger partial charge in [0.25, 0.3) is 0 Å². The van der Waals surface area contributed by atoms with Crippen molar-refractivity contribution < 1.29 is 23.1 Å². The summed E-state index contributed by atoms with van der Waals surface area (Å²) in [5.74, 6) is -1.44. The number of likely N-dealkylation sites (N-methyl/N-ethyl adjacent to an activating group) is 2. The van der Waals surface area contributed by atoms with Crippen molar-refractivity contribution in [1.29, 1.82) is 0 Å². The van der Waals surface area contributed by atoms with Gasteiger partial charge in [0.15, 0.2) is 9.84 Å². The van der Waals surface area contributed by atoms with Crippen molar-refractivity contribution in [2.75, 3.05) is 30.0 Å². The van der Waals surface area contributed by atoms with Crippen molar-refractivity contribution in [3.05, 3.63) is 24.3 Å². The van der Waals surface area contributed by atoms with Crippen molar-refractivity contribution >= 4 is 27.3 Å². The first-order valence-electron chi connectivity index (χ1n) is 7.33. The van der Waals surface area contributed by atoms with E-state index >= 15 is 0 Å². The van der Waals surface area contributed by atoms with Crippen molar-refractivity contribution in [1.82, 2.24) is 4.90 Å². The second kappa shape index (κ2) is 6.57. The zero-order valence-corrected chi connectivity index (χ0v) is 13.9. The Morgan fingerprint density at radius 2 is 1.83 bits per heavy atom. The normalized spacial score (nSPS) is 19.3. The van der Waals surface area contributed by atoms with Gasteiger partial charge in [-0.1, -0.05) is 0 Å². The first kappa shape index (κ1) is 17.3. The van der Waals surface area contributed by atoms with Gasteiger partial charge in [0.1, 0.15) is 5.75 Å². The van der Waals surface area contributed by atoms with Gasteiger partial charge in [-0.3, -0.25) is 9.59 Å². The molecule has 2 amide bonds.